The van der Waals surface area contributed by atoms with E-state index in [1.165, 1.54) is 5.56 Å². The van der Waals surface area contributed by atoms with Crippen molar-refractivity contribution in [2.75, 3.05) is 7.11 Å². The minimum absolute atomic E-state index is 0.446. The number of ether oxygens (including phenoxy) is 1. The molecule has 0 spiro atoms. The third-order valence-corrected chi connectivity index (χ3v) is 2.99. The molecule has 2 N–H and O–H groups in total. The Morgan fingerprint density at radius 1 is 1.26 bits per heavy atom. The molecule has 0 aliphatic heterocycles. The van der Waals surface area contributed by atoms with Crippen LogP contribution in [0.5, 0.6) is 5.75 Å². The predicted octanol–water partition coefficient (Wildman–Crippen LogP) is 1.72. The minimum atomic E-state index is -0.446. The fourth-order valence-corrected chi connectivity index (χ4v) is 1.74. The number of hydrogen-bond donors (Lipinski definition) is 1. The van der Waals surface area contributed by atoms with Crippen molar-refractivity contribution >= 4 is 0 Å². The standard InChI is InChI=1S/C14H20N4O/c1-14(2,15)13-10-18(17-16-13)9-8-11-4-6-12(19-3)7-5-11/h4-7,10H,8-9,15H2,1-3H3. The third-order valence-electron chi connectivity index (χ3n) is 2.99. The summed E-state index contributed by atoms with van der Waals surface area (Å²) in [5, 5.41) is 8.19. The number of benzene rings is 1. The number of nitrogens with zero attached hydrogens (tertiary/aromatic N) is 3. The Labute approximate surface area is 113 Å². The van der Waals surface area contributed by atoms with E-state index < -0.39 is 5.54 Å². The molecular weight excluding hydrogens is 240 g/mol. The van der Waals surface area contributed by atoms with Gasteiger partial charge in [-0.05, 0) is 38.0 Å². The first-order chi connectivity index (χ1) is 8.99. The number of aryl methyl sites for hydroxylation is 2. The highest BCUT2D eigenvalue weighted by Gasteiger charge is 2.18. The fraction of sp³-hybridized carbons (Fsp3) is 0.429. The Morgan fingerprint density at radius 3 is 2.47 bits per heavy atom. The Balaban J connectivity index is 1.96. The summed E-state index contributed by atoms with van der Waals surface area (Å²) in [6, 6.07) is 8.04. The molecule has 0 saturated carbocycles. The lowest BCUT2D eigenvalue weighted by Crippen LogP contribution is -2.29. The van der Waals surface area contributed by atoms with Gasteiger partial charge in [-0.1, -0.05) is 17.3 Å². The van der Waals surface area contributed by atoms with E-state index in [1.807, 2.05) is 36.9 Å². The van der Waals surface area contributed by atoms with Crippen molar-refractivity contribution in [1.82, 2.24) is 15.0 Å². The van der Waals surface area contributed by atoms with Gasteiger partial charge >= 0.3 is 0 Å². The molecule has 1 aromatic carbocycles. The molecule has 1 aromatic heterocycles. The molecule has 2 rings (SSSR count). The molecule has 2 aromatic rings. The van der Waals surface area contributed by atoms with Crippen LogP contribution in [0, 0.1) is 0 Å². The second-order valence-electron chi connectivity index (χ2n) is 5.19. The number of hydrogen-bond acceptors (Lipinski definition) is 4. The maximum Gasteiger partial charge on any atom is 0.118 e. The van der Waals surface area contributed by atoms with E-state index in [9.17, 15) is 0 Å². The normalized spacial score (nSPS) is 11.6. The van der Waals surface area contributed by atoms with Crippen molar-refractivity contribution in [2.45, 2.75) is 32.4 Å². The van der Waals surface area contributed by atoms with Crippen LogP contribution in [0.1, 0.15) is 25.1 Å². The summed E-state index contributed by atoms with van der Waals surface area (Å²) >= 11 is 0. The number of aromatic nitrogens is 3. The molecule has 0 aliphatic carbocycles. The van der Waals surface area contributed by atoms with Crippen LogP contribution in [0.25, 0.3) is 0 Å². The third kappa shape index (κ3) is 3.54. The lowest BCUT2D eigenvalue weighted by Gasteiger charge is -2.13. The Hall–Kier alpha value is -1.88. The smallest absolute Gasteiger partial charge is 0.118 e. The quantitative estimate of drug-likeness (QED) is 0.889. The van der Waals surface area contributed by atoms with E-state index in [2.05, 4.69) is 22.4 Å². The molecule has 0 bridgehead atoms. The lowest BCUT2D eigenvalue weighted by molar-refractivity contribution is 0.414. The van der Waals surface area contributed by atoms with Gasteiger partial charge in [0.25, 0.3) is 0 Å². The van der Waals surface area contributed by atoms with E-state index in [0.29, 0.717) is 0 Å². The molecule has 0 unspecified atom stereocenters. The highest BCUT2D eigenvalue weighted by molar-refractivity contribution is 5.27. The Kier molecular flexibility index (Phi) is 3.85. The molecule has 0 aliphatic rings. The van der Waals surface area contributed by atoms with Crippen molar-refractivity contribution in [2.24, 2.45) is 5.73 Å². The number of methoxy groups -OCH3 is 1. The van der Waals surface area contributed by atoms with Gasteiger partial charge in [0.1, 0.15) is 11.4 Å². The van der Waals surface area contributed by atoms with Crippen LogP contribution in [-0.4, -0.2) is 22.1 Å². The van der Waals surface area contributed by atoms with E-state index in [-0.39, 0.29) is 0 Å². The first-order valence-corrected chi connectivity index (χ1v) is 6.31. The molecule has 5 nitrogen and oxygen atoms in total. The van der Waals surface area contributed by atoms with Gasteiger partial charge in [0.15, 0.2) is 0 Å². The molecule has 0 amide bonds. The average molecular weight is 260 g/mol. The Bertz CT molecular complexity index is 525. The maximum atomic E-state index is 5.98. The summed E-state index contributed by atoms with van der Waals surface area (Å²) in [5.74, 6) is 0.872. The highest BCUT2D eigenvalue weighted by atomic mass is 16.5. The monoisotopic (exact) mass is 260 g/mol. The van der Waals surface area contributed by atoms with Crippen molar-refractivity contribution in [1.29, 1.82) is 0 Å². The highest BCUT2D eigenvalue weighted by Crippen LogP contribution is 2.14. The van der Waals surface area contributed by atoms with Crippen LogP contribution in [0.2, 0.25) is 0 Å². The first kappa shape index (κ1) is 13.5. The summed E-state index contributed by atoms with van der Waals surface area (Å²) in [5.41, 5.74) is 7.58. The summed E-state index contributed by atoms with van der Waals surface area (Å²) in [4.78, 5) is 0. The zero-order chi connectivity index (χ0) is 13.9. The van der Waals surface area contributed by atoms with Crippen LogP contribution in [0.4, 0.5) is 0 Å². The van der Waals surface area contributed by atoms with Gasteiger partial charge < -0.3 is 10.5 Å². The first-order valence-electron chi connectivity index (χ1n) is 6.31. The molecule has 0 saturated heterocycles. The average Bonchev–Trinajstić information content (AvgIpc) is 2.86. The second-order valence-corrected chi connectivity index (χ2v) is 5.19. The molecule has 102 valence electrons. The van der Waals surface area contributed by atoms with Crippen LogP contribution >= 0.6 is 0 Å². The maximum absolute atomic E-state index is 5.98. The number of nitrogens with two attached hydrogens (primary N) is 1. The topological polar surface area (TPSA) is 66.0 Å². The molecule has 0 atom stereocenters. The van der Waals surface area contributed by atoms with Gasteiger partial charge in [-0.25, -0.2) is 0 Å². The largest absolute Gasteiger partial charge is 0.497 e. The predicted molar refractivity (Wildman–Crippen MR) is 73.9 cm³/mol. The zero-order valence-electron chi connectivity index (χ0n) is 11.6. The summed E-state index contributed by atoms with van der Waals surface area (Å²) < 4.78 is 6.96. The van der Waals surface area contributed by atoms with E-state index in [4.69, 9.17) is 10.5 Å². The van der Waals surface area contributed by atoms with Crippen molar-refractivity contribution in [3.05, 3.63) is 41.7 Å². The van der Waals surface area contributed by atoms with E-state index in [1.54, 1.807) is 7.11 Å². The zero-order valence-corrected chi connectivity index (χ0v) is 11.6. The lowest BCUT2D eigenvalue weighted by atomic mass is 10.0. The second kappa shape index (κ2) is 5.40. The fourth-order valence-electron chi connectivity index (χ4n) is 1.74. The van der Waals surface area contributed by atoms with Gasteiger partial charge in [0.05, 0.1) is 18.8 Å². The molecule has 19 heavy (non-hydrogen) atoms. The Morgan fingerprint density at radius 2 is 1.95 bits per heavy atom. The minimum Gasteiger partial charge on any atom is -0.497 e. The van der Waals surface area contributed by atoms with Crippen molar-refractivity contribution in [3.63, 3.8) is 0 Å². The van der Waals surface area contributed by atoms with Gasteiger partial charge in [-0.2, -0.15) is 0 Å². The summed E-state index contributed by atoms with van der Waals surface area (Å²) in [6.45, 7) is 4.63. The van der Waals surface area contributed by atoms with Crippen molar-refractivity contribution in [3.8, 4) is 5.75 Å². The van der Waals surface area contributed by atoms with Crippen molar-refractivity contribution < 1.29 is 4.74 Å². The molecular formula is C14H20N4O. The van der Waals surface area contributed by atoms with E-state index in [0.717, 1.165) is 24.4 Å². The van der Waals surface area contributed by atoms with Gasteiger partial charge in [-0.15, -0.1) is 5.10 Å². The van der Waals surface area contributed by atoms with Crippen LogP contribution in [-0.2, 0) is 18.5 Å². The SMILES string of the molecule is COc1ccc(CCn2cc(C(C)(C)N)nn2)cc1. The summed E-state index contributed by atoms with van der Waals surface area (Å²) in [7, 11) is 1.67. The van der Waals surface area contributed by atoms with Gasteiger partial charge in [0, 0.05) is 6.54 Å². The van der Waals surface area contributed by atoms with Gasteiger partial charge in [0.2, 0.25) is 0 Å². The molecule has 5 heteroatoms. The number of rotatable bonds is 5. The van der Waals surface area contributed by atoms with Crippen LogP contribution < -0.4 is 10.5 Å². The van der Waals surface area contributed by atoms with Gasteiger partial charge in [-0.3, -0.25) is 4.68 Å². The van der Waals surface area contributed by atoms with E-state index >= 15 is 0 Å². The van der Waals surface area contributed by atoms with Crippen LogP contribution in [0.15, 0.2) is 30.5 Å². The molecule has 0 fully saturated rings. The summed E-state index contributed by atoms with van der Waals surface area (Å²) in [6.07, 6.45) is 2.81. The molecule has 1 heterocycles. The molecule has 0 radical (unpaired) electrons. The van der Waals surface area contributed by atoms with Crippen LogP contribution in [0.3, 0.4) is 0 Å².